The Morgan fingerprint density at radius 1 is 1.78 bits per heavy atom. The molecule has 0 aliphatic carbocycles. The third kappa shape index (κ3) is 3.70. The fourth-order valence-corrected chi connectivity index (χ4v) is 0.573. The number of hydrogen-bond donors (Lipinski definition) is 0. The van der Waals surface area contributed by atoms with Gasteiger partial charge in [-0.05, 0) is 18.9 Å². The summed E-state index contributed by atoms with van der Waals surface area (Å²) in [6, 6.07) is 0. The molecule has 0 spiro atoms. The quantitative estimate of drug-likeness (QED) is 0.330. The van der Waals surface area contributed by atoms with Crippen molar-refractivity contribution in [2.45, 2.75) is 20.3 Å². The van der Waals surface area contributed by atoms with E-state index in [1.807, 2.05) is 13.8 Å². The summed E-state index contributed by atoms with van der Waals surface area (Å²) in [5, 5.41) is 9.89. The van der Waals surface area contributed by atoms with Crippen LogP contribution in [0.3, 0.4) is 0 Å². The van der Waals surface area contributed by atoms with Crippen molar-refractivity contribution in [1.82, 2.24) is 0 Å². The lowest BCUT2D eigenvalue weighted by Crippen LogP contribution is -2.02. The summed E-state index contributed by atoms with van der Waals surface area (Å²) < 4.78 is 0. The van der Waals surface area contributed by atoms with E-state index in [0.29, 0.717) is 0 Å². The van der Waals surface area contributed by atoms with E-state index in [9.17, 15) is 10.1 Å². The smallest absolute Gasteiger partial charge is 0.224 e. The topological polar surface area (TPSA) is 43.1 Å². The van der Waals surface area contributed by atoms with E-state index < -0.39 is 0 Å². The Labute approximate surface area is 54.5 Å². The zero-order chi connectivity index (χ0) is 7.28. The van der Waals surface area contributed by atoms with Gasteiger partial charge >= 0.3 is 0 Å². The molecule has 52 valence electrons. The number of hydrogen-bond acceptors (Lipinski definition) is 2. The molecule has 0 unspecified atom stereocenters. The monoisotopic (exact) mass is 129 g/mol. The number of allylic oxidation sites excluding steroid dienone is 1. The molecule has 0 aliphatic heterocycles. The van der Waals surface area contributed by atoms with Crippen LogP contribution in [0.15, 0.2) is 11.6 Å². The maximum absolute atomic E-state index is 9.89. The lowest BCUT2D eigenvalue weighted by molar-refractivity contribution is -0.471. The minimum absolute atomic E-state index is 0.00694. The summed E-state index contributed by atoms with van der Waals surface area (Å²) >= 11 is 0. The molecule has 0 amide bonds. The molecule has 0 rings (SSSR count). The fourth-order valence-electron chi connectivity index (χ4n) is 0.573. The molecule has 0 fully saturated rings. The maximum Gasteiger partial charge on any atom is 0.224 e. The highest BCUT2D eigenvalue weighted by Crippen LogP contribution is 1.98. The van der Waals surface area contributed by atoms with Gasteiger partial charge in [0.05, 0.1) is 0 Å². The summed E-state index contributed by atoms with van der Waals surface area (Å²) in [4.78, 5) is 9.59. The predicted molar refractivity (Wildman–Crippen MR) is 35.9 cm³/mol. The van der Waals surface area contributed by atoms with E-state index >= 15 is 0 Å². The molecule has 9 heavy (non-hydrogen) atoms. The highest BCUT2D eigenvalue weighted by Gasteiger charge is 1.99. The summed E-state index contributed by atoms with van der Waals surface area (Å²) in [7, 11) is 0. The van der Waals surface area contributed by atoms with Crippen LogP contribution in [0.2, 0.25) is 0 Å². The highest BCUT2D eigenvalue weighted by atomic mass is 16.6. The van der Waals surface area contributed by atoms with E-state index in [2.05, 4.69) is 0 Å². The van der Waals surface area contributed by atoms with Crippen LogP contribution >= 0.6 is 0 Å². The van der Waals surface area contributed by atoms with Gasteiger partial charge in [-0.1, -0.05) is 13.0 Å². The molecule has 0 aromatic heterocycles. The van der Waals surface area contributed by atoms with Gasteiger partial charge in [0.25, 0.3) is 0 Å². The van der Waals surface area contributed by atoms with Gasteiger partial charge in [-0.2, -0.15) is 0 Å². The fraction of sp³-hybridized carbons (Fsp3) is 0.667. The SMILES string of the molecule is CC=C(CC)C[N+](=O)[O-]. The van der Waals surface area contributed by atoms with Crippen LogP contribution in [0.4, 0.5) is 0 Å². The van der Waals surface area contributed by atoms with E-state index in [0.717, 1.165) is 12.0 Å². The lowest BCUT2D eigenvalue weighted by atomic mass is 10.2. The van der Waals surface area contributed by atoms with Crippen molar-refractivity contribution < 1.29 is 4.92 Å². The van der Waals surface area contributed by atoms with Gasteiger partial charge < -0.3 is 0 Å². The van der Waals surface area contributed by atoms with E-state index in [1.165, 1.54) is 0 Å². The third-order valence-electron chi connectivity index (χ3n) is 1.19. The largest absolute Gasteiger partial charge is 0.264 e. The van der Waals surface area contributed by atoms with Crippen LogP contribution < -0.4 is 0 Å². The molecule has 0 N–H and O–H groups in total. The van der Waals surface area contributed by atoms with Gasteiger partial charge in [-0.25, -0.2) is 0 Å². The van der Waals surface area contributed by atoms with E-state index in [4.69, 9.17) is 0 Å². The molecule has 0 atom stereocenters. The highest BCUT2D eigenvalue weighted by molar-refractivity contribution is 4.98. The van der Waals surface area contributed by atoms with Crippen LogP contribution in [0.25, 0.3) is 0 Å². The van der Waals surface area contributed by atoms with Gasteiger partial charge in [-0.3, -0.25) is 10.1 Å². The van der Waals surface area contributed by atoms with Crippen LogP contribution in [0, 0.1) is 10.1 Å². The van der Waals surface area contributed by atoms with Crippen molar-refractivity contribution in [3.63, 3.8) is 0 Å². The second-order valence-corrected chi connectivity index (χ2v) is 1.79. The molecule has 0 saturated carbocycles. The summed E-state index contributed by atoms with van der Waals surface area (Å²) in [6.45, 7) is 3.73. The van der Waals surface area contributed by atoms with Gasteiger partial charge in [0.1, 0.15) is 0 Å². The summed E-state index contributed by atoms with van der Waals surface area (Å²) in [5.41, 5.74) is 0.889. The lowest BCUT2D eigenvalue weighted by Gasteiger charge is -1.93. The van der Waals surface area contributed by atoms with E-state index in [1.54, 1.807) is 6.08 Å². The predicted octanol–water partition coefficient (Wildman–Crippen LogP) is 1.62. The molecule has 0 radical (unpaired) electrons. The minimum atomic E-state index is -0.307. The van der Waals surface area contributed by atoms with Crippen molar-refractivity contribution in [3.8, 4) is 0 Å². The number of rotatable bonds is 3. The van der Waals surface area contributed by atoms with Crippen LogP contribution in [-0.2, 0) is 0 Å². The van der Waals surface area contributed by atoms with Crippen molar-refractivity contribution in [3.05, 3.63) is 21.8 Å². The van der Waals surface area contributed by atoms with Crippen LogP contribution in [0.5, 0.6) is 0 Å². The molecule has 0 aliphatic rings. The molecular formula is C6H11NO2. The first kappa shape index (κ1) is 8.14. The Morgan fingerprint density at radius 3 is 2.44 bits per heavy atom. The second kappa shape index (κ2) is 4.06. The standard InChI is InChI=1S/C6H11NO2/c1-3-6(4-2)5-7(8)9/h3H,4-5H2,1-2H3. The second-order valence-electron chi connectivity index (χ2n) is 1.79. The molecule has 0 bridgehead atoms. The minimum Gasteiger partial charge on any atom is -0.264 e. The van der Waals surface area contributed by atoms with Crippen molar-refractivity contribution >= 4 is 0 Å². The number of nitrogens with zero attached hydrogens (tertiary/aromatic N) is 1. The first-order valence-corrected chi connectivity index (χ1v) is 2.96. The average Bonchev–Trinajstić information content (AvgIpc) is 1.82. The van der Waals surface area contributed by atoms with Gasteiger partial charge in [-0.15, -0.1) is 0 Å². The Kier molecular flexibility index (Phi) is 3.67. The first-order chi connectivity index (χ1) is 4.20. The molecule has 3 nitrogen and oxygen atoms in total. The van der Waals surface area contributed by atoms with Crippen LogP contribution in [0.1, 0.15) is 20.3 Å². The molecular weight excluding hydrogens is 118 g/mol. The van der Waals surface area contributed by atoms with Gasteiger partial charge in [0.2, 0.25) is 6.54 Å². The van der Waals surface area contributed by atoms with Gasteiger partial charge in [0, 0.05) is 4.92 Å². The van der Waals surface area contributed by atoms with Crippen molar-refractivity contribution in [2.24, 2.45) is 0 Å². The maximum atomic E-state index is 9.89. The zero-order valence-corrected chi connectivity index (χ0v) is 5.76. The summed E-state index contributed by atoms with van der Waals surface area (Å²) in [5.74, 6) is 0. The zero-order valence-electron chi connectivity index (χ0n) is 5.76. The third-order valence-corrected chi connectivity index (χ3v) is 1.19. The molecule has 0 aromatic rings. The Hall–Kier alpha value is -0.860. The van der Waals surface area contributed by atoms with Crippen LogP contribution in [-0.4, -0.2) is 11.5 Å². The molecule has 0 aromatic carbocycles. The average molecular weight is 129 g/mol. The van der Waals surface area contributed by atoms with Gasteiger partial charge in [0.15, 0.2) is 0 Å². The number of nitro groups is 1. The van der Waals surface area contributed by atoms with E-state index in [-0.39, 0.29) is 11.5 Å². The Morgan fingerprint density at radius 2 is 2.33 bits per heavy atom. The first-order valence-electron chi connectivity index (χ1n) is 2.96. The summed E-state index contributed by atoms with van der Waals surface area (Å²) in [6.07, 6.45) is 2.57. The Balaban J connectivity index is 3.71. The Bertz CT molecular complexity index is 129. The molecule has 0 saturated heterocycles. The van der Waals surface area contributed by atoms with Crippen molar-refractivity contribution in [2.75, 3.05) is 6.54 Å². The normalized spacial score (nSPS) is 11.6. The molecule has 0 heterocycles. The van der Waals surface area contributed by atoms with Crippen molar-refractivity contribution in [1.29, 1.82) is 0 Å². The molecule has 3 heteroatoms.